The van der Waals surface area contributed by atoms with Gasteiger partial charge in [-0.1, -0.05) is 12.1 Å². The number of aromatic nitrogens is 2. The summed E-state index contributed by atoms with van der Waals surface area (Å²) < 4.78 is 7.36. The number of carbonyl (C=O) groups is 1. The van der Waals surface area contributed by atoms with Crippen LogP contribution >= 0.6 is 0 Å². The van der Waals surface area contributed by atoms with Crippen molar-refractivity contribution in [3.8, 4) is 5.75 Å². The summed E-state index contributed by atoms with van der Waals surface area (Å²) in [4.78, 5) is 16.3. The van der Waals surface area contributed by atoms with Crippen molar-refractivity contribution in [1.29, 1.82) is 0 Å². The van der Waals surface area contributed by atoms with Crippen molar-refractivity contribution in [2.45, 2.75) is 38.8 Å². The van der Waals surface area contributed by atoms with Crippen LogP contribution in [0.5, 0.6) is 5.75 Å². The molecular weight excluding hydrogens is 368 g/mol. The van der Waals surface area contributed by atoms with Gasteiger partial charge in [-0.3, -0.25) is 9.48 Å². The lowest BCUT2D eigenvalue weighted by Gasteiger charge is -2.12. The average molecular weight is 399 g/mol. The van der Waals surface area contributed by atoms with Crippen molar-refractivity contribution >= 4 is 11.9 Å². The van der Waals surface area contributed by atoms with Gasteiger partial charge in [-0.05, 0) is 49.9 Å². The molecule has 0 saturated heterocycles. The molecule has 1 aromatic heterocycles. The molecule has 1 amide bonds. The maximum atomic E-state index is 11.7. The third kappa shape index (κ3) is 7.14. The largest absolute Gasteiger partial charge is 0.484 e. The lowest BCUT2D eigenvalue weighted by molar-refractivity contribution is -0.123. The number of guanidine groups is 1. The third-order valence-electron chi connectivity index (χ3n) is 4.61. The van der Waals surface area contributed by atoms with Gasteiger partial charge in [0.25, 0.3) is 5.91 Å². The molecule has 8 heteroatoms. The van der Waals surface area contributed by atoms with Crippen LogP contribution in [0.1, 0.15) is 31.0 Å². The highest BCUT2D eigenvalue weighted by atomic mass is 16.5. The van der Waals surface area contributed by atoms with E-state index in [1.54, 1.807) is 6.20 Å². The second-order valence-corrected chi connectivity index (χ2v) is 7.09. The number of nitrogens with zero attached hydrogens (tertiary/aromatic N) is 3. The van der Waals surface area contributed by atoms with Crippen molar-refractivity contribution < 1.29 is 9.53 Å². The Hall–Kier alpha value is -3.03. The zero-order valence-electron chi connectivity index (χ0n) is 17.1. The molecule has 1 aromatic carbocycles. The van der Waals surface area contributed by atoms with Gasteiger partial charge in [-0.25, -0.2) is 4.99 Å². The van der Waals surface area contributed by atoms with Crippen LogP contribution in [0.2, 0.25) is 0 Å². The van der Waals surface area contributed by atoms with E-state index in [2.05, 4.69) is 26.0 Å². The van der Waals surface area contributed by atoms with E-state index in [0.717, 1.165) is 44.0 Å². The number of aryl methyl sites for hydroxylation is 1. The lowest BCUT2D eigenvalue weighted by Crippen LogP contribution is -2.38. The fourth-order valence-electron chi connectivity index (χ4n) is 2.78. The SMILES string of the molecule is CCNC(=NCc1ccnn1C)NCCc1ccc(OCC(=O)NC2CC2)cc1. The summed E-state index contributed by atoms with van der Waals surface area (Å²) in [7, 11) is 1.91. The average Bonchev–Trinajstić information content (AvgIpc) is 3.44. The number of carbonyl (C=O) groups excluding carboxylic acids is 1. The standard InChI is InChI=1S/C21H30N6O2/c1-3-22-21(24-14-18-11-13-25-27(18)2)23-12-10-16-4-8-19(9-5-16)29-15-20(28)26-17-6-7-17/h4-5,8-9,11,13,17H,3,6-7,10,12,14-15H2,1-2H3,(H,26,28)(H2,22,23,24). The van der Waals surface area contributed by atoms with Crippen molar-refractivity contribution in [3.63, 3.8) is 0 Å². The highest BCUT2D eigenvalue weighted by Crippen LogP contribution is 2.18. The second-order valence-electron chi connectivity index (χ2n) is 7.09. The molecular formula is C21H30N6O2. The molecule has 0 spiro atoms. The minimum Gasteiger partial charge on any atom is -0.484 e. The first-order valence-corrected chi connectivity index (χ1v) is 10.1. The Bertz CT molecular complexity index is 811. The Morgan fingerprint density at radius 3 is 2.69 bits per heavy atom. The molecule has 0 unspecified atom stereocenters. The summed E-state index contributed by atoms with van der Waals surface area (Å²) in [6, 6.07) is 10.2. The molecule has 0 atom stereocenters. The monoisotopic (exact) mass is 398 g/mol. The van der Waals surface area contributed by atoms with Gasteiger partial charge in [0.2, 0.25) is 0 Å². The van der Waals surface area contributed by atoms with Gasteiger partial charge in [0.15, 0.2) is 12.6 Å². The lowest BCUT2D eigenvalue weighted by atomic mass is 10.1. The molecule has 8 nitrogen and oxygen atoms in total. The first-order chi connectivity index (χ1) is 14.1. The van der Waals surface area contributed by atoms with Crippen molar-refractivity contribution in [2.75, 3.05) is 19.7 Å². The van der Waals surface area contributed by atoms with Gasteiger partial charge in [0.1, 0.15) is 5.75 Å². The van der Waals surface area contributed by atoms with Crippen LogP contribution in [0.3, 0.4) is 0 Å². The predicted octanol–water partition coefficient (Wildman–Crippen LogP) is 1.38. The minimum absolute atomic E-state index is 0.0536. The molecule has 3 rings (SSSR count). The molecule has 1 aliphatic carbocycles. The Balaban J connectivity index is 1.40. The first kappa shape index (κ1) is 20.7. The number of ether oxygens (including phenoxy) is 1. The highest BCUT2D eigenvalue weighted by molar-refractivity contribution is 5.79. The topological polar surface area (TPSA) is 92.6 Å². The summed E-state index contributed by atoms with van der Waals surface area (Å²) >= 11 is 0. The Morgan fingerprint density at radius 2 is 2.03 bits per heavy atom. The normalized spacial score (nSPS) is 13.8. The van der Waals surface area contributed by atoms with Crippen LogP contribution < -0.4 is 20.7 Å². The fraction of sp³-hybridized carbons (Fsp3) is 0.476. The van der Waals surface area contributed by atoms with Gasteiger partial charge in [-0.2, -0.15) is 5.10 Å². The predicted molar refractivity (Wildman–Crippen MR) is 113 cm³/mol. The number of hydrogen-bond acceptors (Lipinski definition) is 4. The van der Waals surface area contributed by atoms with E-state index in [-0.39, 0.29) is 12.5 Å². The van der Waals surface area contributed by atoms with Gasteiger partial charge >= 0.3 is 0 Å². The van der Waals surface area contributed by atoms with Crippen LogP contribution in [0, 0.1) is 0 Å². The van der Waals surface area contributed by atoms with Crippen molar-refractivity contribution in [2.24, 2.45) is 12.0 Å². The molecule has 1 aliphatic rings. The summed E-state index contributed by atoms with van der Waals surface area (Å²) in [6.45, 7) is 4.26. The summed E-state index contributed by atoms with van der Waals surface area (Å²) in [5.41, 5.74) is 2.25. The maximum absolute atomic E-state index is 11.7. The molecule has 1 saturated carbocycles. The zero-order chi connectivity index (χ0) is 20.5. The quantitative estimate of drug-likeness (QED) is 0.415. The van der Waals surface area contributed by atoms with Gasteiger partial charge in [-0.15, -0.1) is 0 Å². The summed E-state index contributed by atoms with van der Waals surface area (Å²) in [6.07, 6.45) is 4.80. The first-order valence-electron chi connectivity index (χ1n) is 10.1. The molecule has 156 valence electrons. The molecule has 0 aliphatic heterocycles. The van der Waals surface area contributed by atoms with E-state index in [9.17, 15) is 4.79 Å². The van der Waals surface area contributed by atoms with Crippen molar-refractivity contribution in [3.05, 3.63) is 47.8 Å². The molecule has 0 bridgehead atoms. The fourth-order valence-corrected chi connectivity index (χ4v) is 2.78. The Labute approximate surface area is 171 Å². The zero-order valence-corrected chi connectivity index (χ0v) is 17.1. The van der Waals surface area contributed by atoms with Crippen molar-refractivity contribution in [1.82, 2.24) is 25.7 Å². The minimum atomic E-state index is -0.0536. The number of hydrogen-bond donors (Lipinski definition) is 3. The number of amides is 1. The second kappa shape index (κ2) is 10.5. The maximum Gasteiger partial charge on any atom is 0.258 e. The van der Waals surface area contributed by atoms with E-state index in [1.165, 1.54) is 5.56 Å². The van der Waals surface area contributed by atoms with E-state index in [0.29, 0.717) is 18.3 Å². The molecule has 1 fully saturated rings. The van der Waals surface area contributed by atoms with Gasteiger partial charge in [0, 0.05) is 32.4 Å². The van der Waals surface area contributed by atoms with Gasteiger partial charge < -0.3 is 20.7 Å². The molecule has 2 aromatic rings. The Kier molecular flexibility index (Phi) is 7.49. The van der Waals surface area contributed by atoms with Crippen LogP contribution in [-0.2, 0) is 24.8 Å². The van der Waals surface area contributed by atoms with E-state index >= 15 is 0 Å². The van der Waals surface area contributed by atoms with Crippen LogP contribution in [0.25, 0.3) is 0 Å². The summed E-state index contributed by atoms with van der Waals surface area (Å²) in [5.74, 6) is 1.44. The van der Waals surface area contributed by atoms with E-state index in [1.807, 2.05) is 49.0 Å². The highest BCUT2D eigenvalue weighted by Gasteiger charge is 2.23. The number of rotatable bonds is 10. The molecule has 29 heavy (non-hydrogen) atoms. The van der Waals surface area contributed by atoms with Crippen LogP contribution in [-0.4, -0.2) is 47.4 Å². The van der Waals surface area contributed by atoms with Gasteiger partial charge in [0.05, 0.1) is 12.2 Å². The molecule has 3 N–H and O–H groups in total. The van der Waals surface area contributed by atoms with E-state index < -0.39 is 0 Å². The smallest absolute Gasteiger partial charge is 0.258 e. The Morgan fingerprint density at radius 1 is 1.24 bits per heavy atom. The van der Waals surface area contributed by atoms with Crippen LogP contribution in [0.4, 0.5) is 0 Å². The number of nitrogens with one attached hydrogen (secondary N) is 3. The number of aliphatic imine (C=N–C) groups is 1. The van der Waals surface area contributed by atoms with E-state index in [4.69, 9.17) is 4.74 Å². The molecule has 0 radical (unpaired) electrons. The molecule has 1 heterocycles. The number of benzene rings is 1. The third-order valence-corrected chi connectivity index (χ3v) is 4.61. The van der Waals surface area contributed by atoms with Crippen LogP contribution in [0.15, 0.2) is 41.5 Å². The summed E-state index contributed by atoms with van der Waals surface area (Å²) in [5, 5.41) is 13.7.